The number of aliphatic hydroxyl groups excluding tert-OH is 4. The molecule has 1 amide bonds. The van der Waals surface area contributed by atoms with Crippen LogP contribution in [0.15, 0.2) is 24.3 Å². The van der Waals surface area contributed by atoms with E-state index in [4.69, 9.17) is 0 Å². The van der Waals surface area contributed by atoms with Gasteiger partial charge in [0.05, 0.1) is 18.8 Å². The van der Waals surface area contributed by atoms with Gasteiger partial charge in [0.1, 0.15) is 12.2 Å². The molecule has 0 rings (SSSR count). The number of carbonyl (C=O) groups excluding carboxylic acids is 1. The highest BCUT2D eigenvalue weighted by atomic mass is 16.3. The fraction of sp³-hybridized carbons (Fsp3) is 0.918. The van der Waals surface area contributed by atoms with Crippen molar-refractivity contribution in [1.82, 2.24) is 5.32 Å². The molecular formula is C61H119NO5. The predicted molar refractivity (Wildman–Crippen MR) is 293 cm³/mol. The van der Waals surface area contributed by atoms with Crippen molar-refractivity contribution < 1.29 is 25.2 Å². The molecule has 0 heterocycles. The van der Waals surface area contributed by atoms with E-state index in [2.05, 4.69) is 43.5 Å². The summed E-state index contributed by atoms with van der Waals surface area (Å²) in [4.78, 5) is 12.6. The summed E-state index contributed by atoms with van der Waals surface area (Å²) in [6, 6.07) is -1.00. The van der Waals surface area contributed by atoms with Crippen LogP contribution in [0.3, 0.4) is 0 Å². The van der Waals surface area contributed by atoms with Gasteiger partial charge in [-0.1, -0.05) is 289 Å². The standard InChI is InChI=1S/C61H119NO5/c1-3-5-7-9-11-13-15-17-19-21-23-25-27-29-30-31-33-35-37-39-41-43-45-47-49-51-53-55-59(65)61(67)62-57(56-63)60(66)58(64)54-52-50-48-46-44-42-40-38-36-34-32-28-26-24-22-20-18-16-14-12-10-8-6-4-2/h29-30,46,48,57-60,63-66H,3-28,31-45,47,49-56H2,1-2H3,(H,62,67)/b30-29-,48-46+. The Kier molecular flexibility index (Phi) is 54.7. The lowest BCUT2D eigenvalue weighted by atomic mass is 10.00. The van der Waals surface area contributed by atoms with E-state index in [1.54, 1.807) is 0 Å². The lowest BCUT2D eigenvalue weighted by molar-refractivity contribution is -0.132. The van der Waals surface area contributed by atoms with Gasteiger partial charge in [-0.05, 0) is 64.2 Å². The Balaban J connectivity index is 3.62. The Morgan fingerprint density at radius 2 is 0.612 bits per heavy atom. The molecule has 4 unspecified atom stereocenters. The summed E-state index contributed by atoms with van der Waals surface area (Å²) in [6.07, 6.45) is 68.3. The van der Waals surface area contributed by atoms with E-state index in [0.29, 0.717) is 12.8 Å². The monoisotopic (exact) mass is 946 g/mol. The molecule has 0 aromatic carbocycles. The quantitative estimate of drug-likeness (QED) is 0.0308. The fourth-order valence-electron chi connectivity index (χ4n) is 9.64. The van der Waals surface area contributed by atoms with Crippen LogP contribution in [0.5, 0.6) is 0 Å². The molecule has 5 N–H and O–H groups in total. The van der Waals surface area contributed by atoms with Gasteiger partial charge in [0.15, 0.2) is 0 Å². The molecule has 0 aliphatic heterocycles. The zero-order chi connectivity index (χ0) is 48.8. The van der Waals surface area contributed by atoms with Gasteiger partial charge in [0, 0.05) is 0 Å². The van der Waals surface area contributed by atoms with Crippen LogP contribution < -0.4 is 5.32 Å². The molecule has 67 heavy (non-hydrogen) atoms. The van der Waals surface area contributed by atoms with E-state index in [0.717, 1.165) is 38.5 Å². The SMILES string of the molecule is CCCCCCCCCCCCCC/C=C\CCCCCCCCCCCCCC(O)C(=O)NC(CO)C(O)C(O)CCC/C=C/CCCCCCCCCCCCCCCCCCCCC. The largest absolute Gasteiger partial charge is 0.394 e. The highest BCUT2D eigenvalue weighted by Gasteiger charge is 2.28. The van der Waals surface area contributed by atoms with Gasteiger partial charge in [0.2, 0.25) is 5.91 Å². The minimum absolute atomic E-state index is 0.364. The minimum Gasteiger partial charge on any atom is -0.394 e. The van der Waals surface area contributed by atoms with Crippen molar-refractivity contribution in [2.45, 2.75) is 353 Å². The summed E-state index contributed by atoms with van der Waals surface area (Å²) in [5.74, 6) is -0.589. The molecule has 398 valence electrons. The molecule has 6 heteroatoms. The maximum absolute atomic E-state index is 12.6. The molecule has 0 spiro atoms. The van der Waals surface area contributed by atoms with Crippen LogP contribution in [-0.4, -0.2) is 57.3 Å². The Bertz CT molecular complexity index is 1020. The van der Waals surface area contributed by atoms with Crippen molar-refractivity contribution in [3.8, 4) is 0 Å². The topological polar surface area (TPSA) is 110 Å². The first-order valence-electron chi connectivity index (χ1n) is 30.2. The van der Waals surface area contributed by atoms with Gasteiger partial charge in [0.25, 0.3) is 0 Å². The van der Waals surface area contributed by atoms with Crippen molar-refractivity contribution >= 4 is 5.91 Å². The second-order valence-electron chi connectivity index (χ2n) is 21.0. The van der Waals surface area contributed by atoms with Crippen molar-refractivity contribution in [2.24, 2.45) is 0 Å². The maximum Gasteiger partial charge on any atom is 0.249 e. The number of carbonyl (C=O) groups is 1. The Morgan fingerprint density at radius 1 is 0.358 bits per heavy atom. The molecule has 6 nitrogen and oxygen atoms in total. The van der Waals surface area contributed by atoms with Crippen LogP contribution in [0.4, 0.5) is 0 Å². The lowest BCUT2D eigenvalue weighted by Gasteiger charge is -2.27. The number of rotatable bonds is 56. The molecule has 0 saturated heterocycles. The number of unbranched alkanes of at least 4 members (excludes halogenated alkanes) is 43. The highest BCUT2D eigenvalue weighted by molar-refractivity contribution is 5.80. The molecule has 4 atom stereocenters. The zero-order valence-electron chi connectivity index (χ0n) is 45.2. The van der Waals surface area contributed by atoms with Crippen molar-refractivity contribution in [3.05, 3.63) is 24.3 Å². The molecule has 0 aliphatic rings. The summed E-state index contributed by atoms with van der Waals surface area (Å²) in [5, 5.41) is 44.0. The predicted octanol–water partition coefficient (Wildman–Crippen LogP) is 17.8. The number of hydrogen-bond acceptors (Lipinski definition) is 5. The first-order chi connectivity index (χ1) is 33.0. The molecule has 0 fully saturated rings. The molecule has 0 aromatic rings. The van der Waals surface area contributed by atoms with Gasteiger partial charge in [-0.15, -0.1) is 0 Å². The highest BCUT2D eigenvalue weighted by Crippen LogP contribution is 2.18. The van der Waals surface area contributed by atoms with Crippen LogP contribution in [0, 0.1) is 0 Å². The second kappa shape index (κ2) is 55.7. The van der Waals surface area contributed by atoms with E-state index in [1.165, 1.54) is 263 Å². The second-order valence-corrected chi connectivity index (χ2v) is 21.0. The smallest absolute Gasteiger partial charge is 0.249 e. The molecular weight excluding hydrogens is 827 g/mol. The first kappa shape index (κ1) is 65.8. The lowest BCUT2D eigenvalue weighted by Crippen LogP contribution is -2.53. The normalized spacial score (nSPS) is 13.8. The van der Waals surface area contributed by atoms with E-state index in [1.807, 2.05) is 0 Å². The van der Waals surface area contributed by atoms with Crippen molar-refractivity contribution in [1.29, 1.82) is 0 Å². The number of hydrogen-bond donors (Lipinski definition) is 5. The molecule has 0 aliphatic carbocycles. The Morgan fingerprint density at radius 3 is 0.896 bits per heavy atom. The van der Waals surface area contributed by atoms with Gasteiger partial charge in [-0.2, -0.15) is 0 Å². The average molecular weight is 947 g/mol. The van der Waals surface area contributed by atoms with Crippen LogP contribution in [0.25, 0.3) is 0 Å². The van der Waals surface area contributed by atoms with Gasteiger partial charge in [-0.25, -0.2) is 0 Å². The van der Waals surface area contributed by atoms with Crippen LogP contribution >= 0.6 is 0 Å². The number of allylic oxidation sites excluding steroid dienone is 4. The summed E-state index contributed by atoms with van der Waals surface area (Å²) in [5.41, 5.74) is 0. The summed E-state index contributed by atoms with van der Waals surface area (Å²) >= 11 is 0. The van der Waals surface area contributed by atoms with Crippen LogP contribution in [0.2, 0.25) is 0 Å². The third kappa shape index (κ3) is 49.6. The van der Waals surface area contributed by atoms with Gasteiger partial charge in [-0.3, -0.25) is 4.79 Å². The summed E-state index contributed by atoms with van der Waals surface area (Å²) < 4.78 is 0. The number of nitrogens with one attached hydrogen (secondary N) is 1. The fourth-order valence-corrected chi connectivity index (χ4v) is 9.64. The maximum atomic E-state index is 12.6. The molecule has 0 bridgehead atoms. The zero-order valence-corrected chi connectivity index (χ0v) is 45.2. The van der Waals surface area contributed by atoms with E-state index >= 15 is 0 Å². The van der Waals surface area contributed by atoms with E-state index in [9.17, 15) is 25.2 Å². The van der Waals surface area contributed by atoms with Gasteiger partial charge >= 0.3 is 0 Å². The number of amides is 1. The van der Waals surface area contributed by atoms with Crippen LogP contribution in [-0.2, 0) is 4.79 Å². The Labute approximate surface area is 418 Å². The number of aliphatic hydroxyl groups is 4. The summed E-state index contributed by atoms with van der Waals surface area (Å²) in [6.45, 7) is 4.09. The van der Waals surface area contributed by atoms with Crippen molar-refractivity contribution in [3.63, 3.8) is 0 Å². The van der Waals surface area contributed by atoms with Gasteiger partial charge < -0.3 is 25.7 Å². The molecule has 0 saturated carbocycles. The Hall–Kier alpha value is -1.21. The third-order valence-corrected chi connectivity index (χ3v) is 14.4. The third-order valence-electron chi connectivity index (χ3n) is 14.4. The van der Waals surface area contributed by atoms with Crippen LogP contribution in [0.1, 0.15) is 328 Å². The van der Waals surface area contributed by atoms with E-state index in [-0.39, 0.29) is 0 Å². The van der Waals surface area contributed by atoms with Crippen molar-refractivity contribution in [2.75, 3.05) is 6.61 Å². The minimum atomic E-state index is -1.28. The molecule has 0 radical (unpaired) electrons. The van der Waals surface area contributed by atoms with E-state index < -0.39 is 36.9 Å². The summed E-state index contributed by atoms with van der Waals surface area (Å²) in [7, 11) is 0. The first-order valence-corrected chi connectivity index (χ1v) is 30.2. The molecule has 0 aromatic heterocycles. The average Bonchev–Trinajstić information content (AvgIpc) is 3.33.